The smallest absolute Gasteiger partial charge is 0.0178 e. The average Bonchev–Trinajstić information content (AvgIpc) is 2.72. The Morgan fingerprint density at radius 3 is 2.45 bits per heavy atom. The van der Waals surface area contributed by atoms with Gasteiger partial charge in [0.2, 0.25) is 0 Å². The Kier molecular flexibility index (Phi) is 2.55. The molecule has 0 saturated heterocycles. The van der Waals surface area contributed by atoms with Crippen LogP contribution < -0.4 is 0 Å². The van der Waals surface area contributed by atoms with E-state index >= 15 is 0 Å². The summed E-state index contributed by atoms with van der Waals surface area (Å²) in [6.07, 6.45) is 0. The molecule has 4 rings (SSSR count). The first-order valence-electron chi connectivity index (χ1n) is 6.99. The van der Waals surface area contributed by atoms with E-state index in [0.717, 1.165) is 4.47 Å². The number of aryl methyl sites for hydroxylation is 1. The normalized spacial score (nSPS) is 16.2. The van der Waals surface area contributed by atoms with Crippen LogP contribution in [0.5, 0.6) is 0 Å². The molecule has 1 aliphatic carbocycles. The first-order valence-corrected chi connectivity index (χ1v) is 7.78. The summed E-state index contributed by atoms with van der Waals surface area (Å²) in [4.78, 5) is 0. The molecule has 0 amide bonds. The van der Waals surface area contributed by atoms with E-state index in [0.29, 0.717) is 5.92 Å². The highest BCUT2D eigenvalue weighted by Crippen LogP contribution is 2.48. The zero-order valence-corrected chi connectivity index (χ0v) is 13.2. The zero-order valence-electron chi connectivity index (χ0n) is 11.6. The molecule has 0 heterocycles. The number of benzene rings is 3. The van der Waals surface area contributed by atoms with Crippen LogP contribution in [0, 0.1) is 6.92 Å². The molecule has 0 radical (unpaired) electrons. The summed E-state index contributed by atoms with van der Waals surface area (Å²) >= 11 is 3.60. The van der Waals surface area contributed by atoms with Crippen molar-refractivity contribution in [2.24, 2.45) is 0 Å². The topological polar surface area (TPSA) is 0 Å². The molecule has 0 aromatic heterocycles. The van der Waals surface area contributed by atoms with Crippen LogP contribution in [-0.4, -0.2) is 0 Å². The fourth-order valence-electron chi connectivity index (χ4n) is 3.56. The molecule has 3 aromatic rings. The van der Waals surface area contributed by atoms with Crippen molar-refractivity contribution in [2.75, 3.05) is 0 Å². The summed E-state index contributed by atoms with van der Waals surface area (Å²) < 4.78 is 1.16. The Labute approximate surface area is 127 Å². The van der Waals surface area contributed by atoms with Crippen LogP contribution in [0.4, 0.5) is 0 Å². The highest BCUT2D eigenvalue weighted by Gasteiger charge is 2.27. The van der Waals surface area contributed by atoms with Gasteiger partial charge < -0.3 is 0 Å². The molecule has 1 atom stereocenters. The van der Waals surface area contributed by atoms with Gasteiger partial charge in [-0.2, -0.15) is 0 Å². The van der Waals surface area contributed by atoms with Crippen molar-refractivity contribution in [1.82, 2.24) is 0 Å². The highest BCUT2D eigenvalue weighted by atomic mass is 79.9. The third kappa shape index (κ3) is 1.53. The van der Waals surface area contributed by atoms with Crippen LogP contribution in [0.1, 0.15) is 29.5 Å². The van der Waals surface area contributed by atoms with E-state index < -0.39 is 0 Å². The Morgan fingerprint density at radius 1 is 0.900 bits per heavy atom. The molecule has 0 fully saturated rings. The number of hydrogen-bond acceptors (Lipinski definition) is 0. The quantitative estimate of drug-likeness (QED) is 0.473. The lowest BCUT2D eigenvalue weighted by molar-refractivity contribution is 0.965. The van der Waals surface area contributed by atoms with Gasteiger partial charge in [0.15, 0.2) is 0 Å². The van der Waals surface area contributed by atoms with Gasteiger partial charge in [0.25, 0.3) is 0 Å². The molecule has 98 valence electrons. The fourth-order valence-corrected chi connectivity index (χ4v) is 3.94. The van der Waals surface area contributed by atoms with Crippen LogP contribution in [0.15, 0.2) is 53.0 Å². The van der Waals surface area contributed by atoms with Crippen LogP contribution in [-0.2, 0) is 0 Å². The van der Waals surface area contributed by atoms with Crippen LogP contribution in [0.2, 0.25) is 0 Å². The molecule has 0 nitrogen and oxygen atoms in total. The van der Waals surface area contributed by atoms with E-state index in [-0.39, 0.29) is 0 Å². The van der Waals surface area contributed by atoms with Crippen molar-refractivity contribution in [3.8, 4) is 11.1 Å². The molecule has 0 spiro atoms. The molecule has 0 saturated carbocycles. The first kappa shape index (κ1) is 12.2. The van der Waals surface area contributed by atoms with E-state index in [9.17, 15) is 0 Å². The van der Waals surface area contributed by atoms with Crippen molar-refractivity contribution < 1.29 is 0 Å². The molecular formula is C19H15Br. The van der Waals surface area contributed by atoms with Gasteiger partial charge in [0.1, 0.15) is 0 Å². The van der Waals surface area contributed by atoms with E-state index in [4.69, 9.17) is 0 Å². The Hall–Kier alpha value is -1.60. The fraction of sp³-hybridized carbons (Fsp3) is 0.158. The molecule has 1 aliphatic rings. The van der Waals surface area contributed by atoms with Gasteiger partial charge in [-0.3, -0.25) is 0 Å². The Morgan fingerprint density at radius 2 is 1.65 bits per heavy atom. The second-order valence-corrected chi connectivity index (χ2v) is 6.57. The summed E-state index contributed by atoms with van der Waals surface area (Å²) in [5, 5.41) is 2.78. The zero-order chi connectivity index (χ0) is 13.9. The molecule has 20 heavy (non-hydrogen) atoms. The van der Waals surface area contributed by atoms with Crippen molar-refractivity contribution in [2.45, 2.75) is 19.8 Å². The minimum absolute atomic E-state index is 0.461. The number of halogens is 1. The molecule has 1 heteroatoms. The first-order chi connectivity index (χ1) is 9.66. The highest BCUT2D eigenvalue weighted by molar-refractivity contribution is 9.10. The van der Waals surface area contributed by atoms with Crippen molar-refractivity contribution in [3.63, 3.8) is 0 Å². The van der Waals surface area contributed by atoms with E-state index in [1.807, 2.05) is 0 Å². The maximum absolute atomic E-state index is 3.60. The van der Waals surface area contributed by atoms with Gasteiger partial charge in [-0.05, 0) is 57.6 Å². The van der Waals surface area contributed by atoms with E-state index in [1.54, 1.807) is 0 Å². The molecular weight excluding hydrogens is 308 g/mol. The summed E-state index contributed by atoms with van der Waals surface area (Å²) in [5.41, 5.74) is 7.09. The number of fused-ring (bicyclic) bond motifs is 5. The van der Waals surface area contributed by atoms with Crippen LogP contribution in [0.3, 0.4) is 0 Å². The standard InChI is InChI=1S/C19H15Br/c1-11-9-18-15-8-7-13(20)10-17(15)12(2)19(18)16-6-4-3-5-14(11)16/h3-10,12H,1-2H3/t12-/m0/s1. The SMILES string of the molecule is Cc1cc2c(c3ccccc13)[C@@H](C)c1cc(Br)ccc1-2. The van der Waals surface area contributed by atoms with Gasteiger partial charge >= 0.3 is 0 Å². The largest absolute Gasteiger partial charge is 0.0616 e. The predicted molar refractivity (Wildman–Crippen MR) is 89.3 cm³/mol. The maximum Gasteiger partial charge on any atom is 0.0178 e. The van der Waals surface area contributed by atoms with Crippen LogP contribution in [0.25, 0.3) is 21.9 Å². The van der Waals surface area contributed by atoms with Crippen LogP contribution >= 0.6 is 15.9 Å². The number of rotatable bonds is 0. The van der Waals surface area contributed by atoms with Gasteiger partial charge in [-0.1, -0.05) is 59.3 Å². The lowest BCUT2D eigenvalue weighted by atomic mass is 9.91. The summed E-state index contributed by atoms with van der Waals surface area (Å²) in [6.45, 7) is 4.53. The lowest BCUT2D eigenvalue weighted by Crippen LogP contribution is -1.92. The Balaban J connectivity index is 2.15. The second-order valence-electron chi connectivity index (χ2n) is 5.65. The molecule has 3 aromatic carbocycles. The minimum atomic E-state index is 0.461. The van der Waals surface area contributed by atoms with Gasteiger partial charge in [-0.15, -0.1) is 0 Å². The predicted octanol–water partition coefficient (Wildman–Crippen LogP) is 6.04. The van der Waals surface area contributed by atoms with Crippen molar-refractivity contribution in [1.29, 1.82) is 0 Å². The van der Waals surface area contributed by atoms with Crippen molar-refractivity contribution >= 4 is 26.7 Å². The second kappa shape index (κ2) is 4.20. The molecule has 0 unspecified atom stereocenters. The summed E-state index contributed by atoms with van der Waals surface area (Å²) in [6, 6.07) is 17.8. The maximum atomic E-state index is 3.60. The van der Waals surface area contributed by atoms with Crippen molar-refractivity contribution in [3.05, 3.63) is 69.7 Å². The van der Waals surface area contributed by atoms with Gasteiger partial charge in [0, 0.05) is 10.4 Å². The lowest BCUT2D eigenvalue weighted by Gasteiger charge is -2.12. The van der Waals surface area contributed by atoms with Gasteiger partial charge in [0.05, 0.1) is 0 Å². The van der Waals surface area contributed by atoms with Gasteiger partial charge in [-0.25, -0.2) is 0 Å². The third-order valence-corrected chi connectivity index (χ3v) is 4.99. The minimum Gasteiger partial charge on any atom is -0.0616 e. The molecule has 0 aliphatic heterocycles. The Bertz CT molecular complexity index is 846. The summed E-state index contributed by atoms with van der Waals surface area (Å²) in [5.74, 6) is 0.461. The van der Waals surface area contributed by atoms with E-state index in [2.05, 4.69) is 78.3 Å². The monoisotopic (exact) mass is 322 g/mol. The summed E-state index contributed by atoms with van der Waals surface area (Å²) in [7, 11) is 0. The number of hydrogen-bond donors (Lipinski definition) is 0. The molecule has 0 bridgehead atoms. The third-order valence-electron chi connectivity index (χ3n) is 4.50. The average molecular weight is 323 g/mol. The molecule has 0 N–H and O–H groups in total. The van der Waals surface area contributed by atoms with E-state index in [1.165, 1.54) is 38.6 Å².